The maximum atomic E-state index is 14.0. The molecule has 1 aromatic carbocycles. The fourth-order valence-electron chi connectivity index (χ4n) is 1.93. The van der Waals surface area contributed by atoms with Crippen molar-refractivity contribution in [3.05, 3.63) is 45.9 Å². The van der Waals surface area contributed by atoms with E-state index >= 15 is 0 Å². The molecule has 21 heavy (non-hydrogen) atoms. The zero-order chi connectivity index (χ0) is 15.4. The number of thiophene rings is 1. The van der Waals surface area contributed by atoms with Gasteiger partial charge in [-0.05, 0) is 37.4 Å². The summed E-state index contributed by atoms with van der Waals surface area (Å²) in [6.45, 7) is 3.87. The lowest BCUT2D eigenvalue weighted by molar-refractivity contribution is 0.0527. The fraction of sp³-hybridized carbons (Fsp3) is 0.267. The Morgan fingerprint density at radius 1 is 1.52 bits per heavy atom. The van der Waals surface area contributed by atoms with Gasteiger partial charge in [0.15, 0.2) is 0 Å². The van der Waals surface area contributed by atoms with Crippen LogP contribution in [-0.4, -0.2) is 12.6 Å². The van der Waals surface area contributed by atoms with Crippen molar-refractivity contribution in [1.29, 1.82) is 0 Å². The van der Waals surface area contributed by atoms with Crippen LogP contribution in [0.25, 0.3) is 0 Å². The lowest BCUT2D eigenvalue weighted by Gasteiger charge is -2.16. The Kier molecular flexibility index (Phi) is 4.80. The number of hydrogen-bond donors (Lipinski definition) is 2. The lowest BCUT2D eigenvalue weighted by Crippen LogP contribution is -2.12. The van der Waals surface area contributed by atoms with Gasteiger partial charge in [0.1, 0.15) is 5.82 Å². The first-order valence-electron chi connectivity index (χ1n) is 6.59. The molecule has 1 unspecified atom stereocenters. The molecule has 6 heteroatoms. The average molecular weight is 308 g/mol. The van der Waals surface area contributed by atoms with Gasteiger partial charge in [-0.1, -0.05) is 6.07 Å². The van der Waals surface area contributed by atoms with Crippen LogP contribution in [0.15, 0.2) is 29.6 Å². The highest BCUT2D eigenvalue weighted by Crippen LogP contribution is 2.28. The minimum atomic E-state index is -0.554. The molecular weight excluding hydrogens is 291 g/mol. The summed E-state index contributed by atoms with van der Waals surface area (Å²) in [5, 5.41) is 5.00. The maximum absolute atomic E-state index is 14.0. The van der Waals surface area contributed by atoms with E-state index in [1.165, 1.54) is 6.07 Å². The molecule has 0 radical (unpaired) electrons. The summed E-state index contributed by atoms with van der Waals surface area (Å²) in [6.07, 6.45) is 0. The van der Waals surface area contributed by atoms with Gasteiger partial charge in [-0.2, -0.15) is 0 Å². The number of nitrogens with two attached hydrogens (primary N) is 1. The van der Waals surface area contributed by atoms with Crippen molar-refractivity contribution >= 4 is 28.7 Å². The van der Waals surface area contributed by atoms with Gasteiger partial charge < -0.3 is 15.8 Å². The summed E-state index contributed by atoms with van der Waals surface area (Å²) in [6, 6.07) is 6.35. The number of esters is 1. The van der Waals surface area contributed by atoms with Gasteiger partial charge in [0, 0.05) is 10.6 Å². The van der Waals surface area contributed by atoms with Crippen molar-refractivity contribution in [2.45, 2.75) is 19.9 Å². The van der Waals surface area contributed by atoms with E-state index in [2.05, 4.69) is 5.32 Å². The highest BCUT2D eigenvalue weighted by molar-refractivity contribution is 7.10. The molecule has 1 aromatic heterocycles. The molecule has 0 spiro atoms. The molecule has 1 atom stereocenters. The molecular formula is C15H17FN2O2S. The quantitative estimate of drug-likeness (QED) is 0.651. The van der Waals surface area contributed by atoms with Crippen LogP contribution in [0.3, 0.4) is 0 Å². The molecule has 0 aliphatic heterocycles. The minimum Gasteiger partial charge on any atom is -0.462 e. The zero-order valence-electron chi connectivity index (χ0n) is 11.9. The average Bonchev–Trinajstić information content (AvgIpc) is 2.96. The molecule has 0 aliphatic carbocycles. The second-order valence-electron chi connectivity index (χ2n) is 4.52. The molecule has 0 saturated carbocycles. The zero-order valence-corrected chi connectivity index (χ0v) is 12.7. The molecule has 3 N–H and O–H groups in total. The van der Waals surface area contributed by atoms with Crippen molar-refractivity contribution in [2.75, 3.05) is 17.7 Å². The number of hydrogen-bond acceptors (Lipinski definition) is 5. The van der Waals surface area contributed by atoms with Gasteiger partial charge in [-0.3, -0.25) is 0 Å². The minimum absolute atomic E-state index is 0.0697. The Bertz CT molecular complexity index is 629. The van der Waals surface area contributed by atoms with E-state index in [9.17, 15) is 9.18 Å². The number of ether oxygens (including phenoxy) is 1. The first-order chi connectivity index (χ1) is 10.0. The Morgan fingerprint density at radius 3 is 2.90 bits per heavy atom. The number of carbonyl (C=O) groups excluding carboxylic acids is 1. The SMILES string of the molecule is CCOC(=O)c1cc(NC(C)c2cccs2)c(F)cc1N. The van der Waals surface area contributed by atoms with Crippen molar-refractivity contribution in [2.24, 2.45) is 0 Å². The van der Waals surface area contributed by atoms with Crippen LogP contribution < -0.4 is 11.1 Å². The smallest absolute Gasteiger partial charge is 0.340 e. The second-order valence-corrected chi connectivity index (χ2v) is 5.50. The van der Waals surface area contributed by atoms with E-state index in [1.54, 1.807) is 18.3 Å². The normalized spacial score (nSPS) is 12.0. The standard InChI is InChI=1S/C15H17FN2O2S/c1-3-20-15(19)10-7-13(11(16)8-12(10)17)18-9(2)14-5-4-6-21-14/h4-9,18H,3,17H2,1-2H3. The third-order valence-corrected chi connectivity index (χ3v) is 4.03. The topological polar surface area (TPSA) is 64.3 Å². The van der Waals surface area contributed by atoms with Crippen LogP contribution in [0.2, 0.25) is 0 Å². The largest absolute Gasteiger partial charge is 0.462 e. The molecule has 0 saturated heterocycles. The van der Waals surface area contributed by atoms with Gasteiger partial charge in [0.05, 0.1) is 23.9 Å². The Morgan fingerprint density at radius 2 is 2.29 bits per heavy atom. The van der Waals surface area contributed by atoms with Crippen molar-refractivity contribution in [3.8, 4) is 0 Å². The summed E-state index contributed by atoms with van der Waals surface area (Å²) in [7, 11) is 0. The van der Waals surface area contributed by atoms with Crippen LogP contribution in [-0.2, 0) is 4.74 Å². The van der Waals surface area contributed by atoms with E-state index < -0.39 is 11.8 Å². The van der Waals surface area contributed by atoms with E-state index in [-0.39, 0.29) is 29.6 Å². The number of benzene rings is 1. The molecule has 1 heterocycles. The monoisotopic (exact) mass is 308 g/mol. The molecule has 4 nitrogen and oxygen atoms in total. The molecule has 0 amide bonds. The maximum Gasteiger partial charge on any atom is 0.340 e. The van der Waals surface area contributed by atoms with Gasteiger partial charge >= 0.3 is 5.97 Å². The van der Waals surface area contributed by atoms with Crippen LogP contribution in [0.5, 0.6) is 0 Å². The summed E-state index contributed by atoms with van der Waals surface area (Å²) in [5.74, 6) is -1.05. The first kappa shape index (κ1) is 15.3. The van der Waals surface area contributed by atoms with Gasteiger partial charge in [0.2, 0.25) is 0 Å². The van der Waals surface area contributed by atoms with Crippen LogP contribution in [0, 0.1) is 5.82 Å². The van der Waals surface area contributed by atoms with E-state index in [0.717, 1.165) is 10.9 Å². The summed E-state index contributed by atoms with van der Waals surface area (Å²) >= 11 is 1.58. The summed E-state index contributed by atoms with van der Waals surface area (Å²) in [4.78, 5) is 12.9. The lowest BCUT2D eigenvalue weighted by atomic mass is 10.1. The predicted molar refractivity (Wildman–Crippen MR) is 83.1 cm³/mol. The van der Waals surface area contributed by atoms with E-state index in [0.29, 0.717) is 0 Å². The predicted octanol–water partition coefficient (Wildman–Crippen LogP) is 3.82. The number of carbonyl (C=O) groups is 1. The highest BCUT2D eigenvalue weighted by Gasteiger charge is 2.17. The van der Waals surface area contributed by atoms with Crippen molar-refractivity contribution < 1.29 is 13.9 Å². The fourth-order valence-corrected chi connectivity index (χ4v) is 2.66. The van der Waals surface area contributed by atoms with Crippen LogP contribution >= 0.6 is 11.3 Å². The third kappa shape index (κ3) is 3.52. The van der Waals surface area contributed by atoms with E-state index in [1.807, 2.05) is 24.4 Å². The third-order valence-electron chi connectivity index (χ3n) is 2.98. The van der Waals surface area contributed by atoms with Gasteiger partial charge in [0.25, 0.3) is 0 Å². The van der Waals surface area contributed by atoms with Crippen LogP contribution in [0.1, 0.15) is 35.1 Å². The van der Waals surface area contributed by atoms with Gasteiger partial charge in [-0.15, -0.1) is 11.3 Å². The molecule has 2 rings (SSSR count). The second kappa shape index (κ2) is 6.58. The number of anilines is 2. The summed E-state index contributed by atoms with van der Waals surface area (Å²) in [5.41, 5.74) is 6.15. The van der Waals surface area contributed by atoms with Gasteiger partial charge in [-0.25, -0.2) is 9.18 Å². The highest BCUT2D eigenvalue weighted by atomic mass is 32.1. The number of nitrogen functional groups attached to an aromatic ring is 1. The van der Waals surface area contributed by atoms with Crippen molar-refractivity contribution in [1.82, 2.24) is 0 Å². The number of nitrogens with one attached hydrogen (secondary N) is 1. The molecule has 0 bridgehead atoms. The van der Waals surface area contributed by atoms with Crippen molar-refractivity contribution in [3.63, 3.8) is 0 Å². The first-order valence-corrected chi connectivity index (χ1v) is 7.47. The molecule has 2 aromatic rings. The Balaban J connectivity index is 2.27. The molecule has 112 valence electrons. The number of halogens is 1. The Hall–Kier alpha value is -2.08. The van der Waals surface area contributed by atoms with Crippen LogP contribution in [0.4, 0.5) is 15.8 Å². The van der Waals surface area contributed by atoms with E-state index in [4.69, 9.17) is 10.5 Å². The number of rotatable bonds is 5. The molecule has 0 fully saturated rings. The molecule has 0 aliphatic rings. The summed E-state index contributed by atoms with van der Waals surface area (Å²) < 4.78 is 18.9. The Labute approximate surface area is 126 Å².